The van der Waals surface area contributed by atoms with Gasteiger partial charge in [0.2, 0.25) is 15.8 Å². The monoisotopic (exact) mass is 312 g/mol. The van der Waals surface area contributed by atoms with Crippen molar-refractivity contribution in [3.05, 3.63) is 23.8 Å². The highest BCUT2D eigenvalue weighted by Gasteiger charge is 2.17. The lowest BCUT2D eigenvalue weighted by Crippen LogP contribution is -2.34. The van der Waals surface area contributed by atoms with E-state index in [0.717, 1.165) is 10.00 Å². The Balaban J connectivity index is 2.06. The van der Waals surface area contributed by atoms with Gasteiger partial charge in [0, 0.05) is 32.5 Å². The highest BCUT2D eigenvalue weighted by atomic mass is 32.2. The fourth-order valence-electron chi connectivity index (χ4n) is 1.58. The maximum atomic E-state index is 12.0. The van der Waals surface area contributed by atoms with Crippen LogP contribution in [0.4, 0.5) is 0 Å². The lowest BCUT2D eigenvalue weighted by atomic mass is 10.4. The number of amides is 1. The van der Waals surface area contributed by atoms with E-state index in [4.69, 9.17) is 0 Å². The van der Waals surface area contributed by atoms with Crippen LogP contribution < -0.4 is 5.32 Å². The molecule has 0 aliphatic heterocycles. The Kier molecular flexibility index (Phi) is 4.19. The van der Waals surface area contributed by atoms with Crippen molar-refractivity contribution in [1.82, 2.24) is 29.2 Å². The van der Waals surface area contributed by atoms with Gasteiger partial charge in [0.25, 0.3) is 11.7 Å². The van der Waals surface area contributed by atoms with Crippen molar-refractivity contribution in [2.75, 3.05) is 26.4 Å². The molecule has 0 saturated heterocycles. The van der Waals surface area contributed by atoms with E-state index in [9.17, 15) is 13.2 Å². The number of rotatable bonds is 5. The van der Waals surface area contributed by atoms with E-state index in [1.165, 1.54) is 18.5 Å². The van der Waals surface area contributed by atoms with Crippen LogP contribution in [-0.4, -0.2) is 64.6 Å². The number of nitrogens with one attached hydrogen (secondary N) is 1. The predicted octanol–water partition coefficient (Wildman–Crippen LogP) is -0.946. The smallest absolute Gasteiger partial charge is 0.289 e. The summed E-state index contributed by atoms with van der Waals surface area (Å²) in [5.41, 5.74) is 0.763. The molecule has 0 aliphatic carbocycles. The molecule has 1 N–H and O–H groups in total. The van der Waals surface area contributed by atoms with Crippen molar-refractivity contribution < 1.29 is 13.2 Å². The van der Waals surface area contributed by atoms with Crippen LogP contribution >= 0.6 is 0 Å². The third-order valence-electron chi connectivity index (χ3n) is 2.82. The molecule has 1 amide bonds. The Labute approximate surface area is 122 Å². The van der Waals surface area contributed by atoms with Crippen molar-refractivity contribution >= 4 is 21.7 Å². The number of hydrogen-bond donors (Lipinski definition) is 1. The minimum absolute atomic E-state index is 0.00640. The number of nitrogens with zero attached hydrogens (tertiary/aromatic N) is 5. The second kappa shape index (κ2) is 5.74. The molecule has 0 unspecified atom stereocenters. The average molecular weight is 312 g/mol. The van der Waals surface area contributed by atoms with Gasteiger partial charge in [-0.3, -0.25) is 9.20 Å². The zero-order valence-electron chi connectivity index (χ0n) is 11.9. The zero-order chi connectivity index (χ0) is 15.6. The molecule has 2 aromatic rings. The number of aryl methyl sites for hydroxylation is 1. The molecule has 9 nitrogen and oxygen atoms in total. The van der Waals surface area contributed by atoms with Gasteiger partial charge in [0.1, 0.15) is 0 Å². The van der Waals surface area contributed by atoms with Crippen molar-refractivity contribution in [1.29, 1.82) is 0 Å². The van der Waals surface area contributed by atoms with Crippen LogP contribution in [0, 0.1) is 6.92 Å². The topological polar surface area (TPSA) is 110 Å². The normalized spacial score (nSPS) is 12.0. The highest BCUT2D eigenvalue weighted by Crippen LogP contribution is 2.02. The van der Waals surface area contributed by atoms with Crippen LogP contribution in [0.5, 0.6) is 0 Å². The summed E-state index contributed by atoms with van der Waals surface area (Å²) in [5, 5.41) is 10.1. The van der Waals surface area contributed by atoms with E-state index < -0.39 is 15.9 Å². The van der Waals surface area contributed by atoms with Crippen LogP contribution in [0.25, 0.3) is 5.78 Å². The van der Waals surface area contributed by atoms with Crippen molar-refractivity contribution in [3.8, 4) is 0 Å². The number of fused-ring (bicyclic) bond motifs is 1. The molecule has 0 atom stereocenters. The van der Waals surface area contributed by atoms with Crippen LogP contribution in [0.15, 0.2) is 12.3 Å². The largest absolute Gasteiger partial charge is 0.348 e. The third kappa shape index (κ3) is 3.34. The summed E-state index contributed by atoms with van der Waals surface area (Å²) in [6, 6.07) is 1.73. The van der Waals surface area contributed by atoms with E-state index in [-0.39, 0.29) is 18.1 Å². The summed E-state index contributed by atoms with van der Waals surface area (Å²) in [6.45, 7) is 1.80. The molecular weight excluding hydrogens is 296 g/mol. The Bertz CT molecular complexity index is 767. The molecule has 114 valence electrons. The van der Waals surface area contributed by atoms with E-state index in [1.807, 2.05) is 0 Å². The van der Waals surface area contributed by atoms with Gasteiger partial charge in [0.05, 0.1) is 5.75 Å². The van der Waals surface area contributed by atoms with E-state index in [1.54, 1.807) is 19.2 Å². The fraction of sp³-hybridized carbons (Fsp3) is 0.455. The third-order valence-corrected chi connectivity index (χ3v) is 4.66. The number of carbonyl (C=O) groups is 1. The summed E-state index contributed by atoms with van der Waals surface area (Å²) in [5.74, 6) is -0.289. The molecule has 10 heteroatoms. The van der Waals surface area contributed by atoms with Gasteiger partial charge in [-0.1, -0.05) is 0 Å². The van der Waals surface area contributed by atoms with Gasteiger partial charge in [-0.15, -0.1) is 10.2 Å². The van der Waals surface area contributed by atoms with Gasteiger partial charge in [-0.2, -0.15) is 0 Å². The van der Waals surface area contributed by atoms with Gasteiger partial charge < -0.3 is 5.32 Å². The number of aromatic nitrogens is 4. The maximum absolute atomic E-state index is 12.0. The van der Waals surface area contributed by atoms with Gasteiger partial charge in [-0.05, 0) is 13.0 Å². The molecule has 0 radical (unpaired) electrons. The van der Waals surface area contributed by atoms with Crippen molar-refractivity contribution in [3.63, 3.8) is 0 Å². The average Bonchev–Trinajstić information content (AvgIpc) is 2.81. The Morgan fingerprint density at radius 3 is 2.76 bits per heavy atom. The lowest BCUT2D eigenvalue weighted by molar-refractivity contribution is 0.0944. The number of sulfonamides is 1. The van der Waals surface area contributed by atoms with Crippen LogP contribution in [-0.2, 0) is 10.0 Å². The number of hydrogen-bond acceptors (Lipinski definition) is 6. The summed E-state index contributed by atoms with van der Waals surface area (Å²) in [4.78, 5) is 16.1. The molecular formula is C11H16N6O3S. The molecule has 0 aromatic carbocycles. The molecule has 0 fully saturated rings. The Morgan fingerprint density at radius 2 is 2.10 bits per heavy atom. The highest BCUT2D eigenvalue weighted by molar-refractivity contribution is 7.89. The SMILES string of the molecule is Cc1ccn2c(C(=O)NCCS(=O)(=O)N(C)C)nnc2n1. The fourth-order valence-corrected chi connectivity index (χ4v) is 2.31. The number of carbonyl (C=O) groups excluding carboxylic acids is 1. The first-order valence-corrected chi connectivity index (χ1v) is 7.79. The summed E-state index contributed by atoms with van der Waals surface area (Å²) >= 11 is 0. The quantitative estimate of drug-likeness (QED) is 0.762. The first-order chi connectivity index (χ1) is 9.81. The van der Waals surface area contributed by atoms with Gasteiger partial charge >= 0.3 is 0 Å². The molecule has 2 aromatic heterocycles. The minimum Gasteiger partial charge on any atom is -0.348 e. The van der Waals surface area contributed by atoms with E-state index in [0.29, 0.717) is 5.78 Å². The molecule has 21 heavy (non-hydrogen) atoms. The molecule has 0 bridgehead atoms. The Morgan fingerprint density at radius 1 is 1.38 bits per heavy atom. The predicted molar refractivity (Wildman–Crippen MR) is 75.3 cm³/mol. The van der Waals surface area contributed by atoms with E-state index in [2.05, 4.69) is 20.5 Å². The minimum atomic E-state index is -3.35. The van der Waals surface area contributed by atoms with Crippen molar-refractivity contribution in [2.45, 2.75) is 6.92 Å². The standard InChI is InChI=1S/C11H16N6O3S/c1-8-4-6-17-9(14-15-11(17)13-8)10(18)12-5-7-21(19,20)16(2)3/h4,6H,5,7H2,1-3H3,(H,12,18). The molecule has 2 heterocycles. The van der Waals surface area contributed by atoms with Crippen LogP contribution in [0.3, 0.4) is 0 Å². The second-order valence-electron chi connectivity index (χ2n) is 4.62. The molecule has 0 spiro atoms. The van der Waals surface area contributed by atoms with Crippen molar-refractivity contribution in [2.24, 2.45) is 0 Å². The lowest BCUT2D eigenvalue weighted by Gasteiger charge is -2.11. The molecule has 0 saturated carbocycles. The Hall–Kier alpha value is -2.07. The van der Waals surface area contributed by atoms with Crippen LogP contribution in [0.1, 0.15) is 16.3 Å². The first kappa shape index (κ1) is 15.3. The zero-order valence-corrected chi connectivity index (χ0v) is 12.8. The van der Waals surface area contributed by atoms with Gasteiger partial charge in [-0.25, -0.2) is 17.7 Å². The second-order valence-corrected chi connectivity index (χ2v) is 6.92. The van der Waals surface area contributed by atoms with E-state index >= 15 is 0 Å². The summed E-state index contributed by atoms with van der Waals surface area (Å²) in [6.07, 6.45) is 1.64. The molecule has 2 rings (SSSR count). The maximum Gasteiger partial charge on any atom is 0.289 e. The first-order valence-electron chi connectivity index (χ1n) is 6.18. The summed E-state index contributed by atoms with van der Waals surface area (Å²) in [7, 11) is -0.464. The van der Waals surface area contributed by atoms with Gasteiger partial charge in [0.15, 0.2) is 0 Å². The van der Waals surface area contributed by atoms with Crippen LogP contribution in [0.2, 0.25) is 0 Å². The summed E-state index contributed by atoms with van der Waals surface area (Å²) < 4.78 is 25.7. The molecule has 0 aliphatic rings.